The lowest BCUT2D eigenvalue weighted by atomic mass is 9.68. The largest absolute Gasteiger partial charge is 0.573 e. The zero-order valence-corrected chi connectivity index (χ0v) is 42.6. The Labute approximate surface area is 403 Å². The summed E-state index contributed by atoms with van der Waals surface area (Å²) in [5.74, 6) is -2.10. The molecule has 0 heterocycles. The van der Waals surface area contributed by atoms with Crippen LogP contribution in [0.4, 0.5) is 39.5 Å². The number of halogens is 10. The predicted molar refractivity (Wildman–Crippen MR) is 248 cm³/mol. The van der Waals surface area contributed by atoms with Crippen LogP contribution in [0.2, 0.25) is 0 Å². The summed E-state index contributed by atoms with van der Waals surface area (Å²) in [5.41, 5.74) is 3.97. The van der Waals surface area contributed by atoms with E-state index >= 15 is 0 Å². The summed E-state index contributed by atoms with van der Waals surface area (Å²) in [6, 6.07) is 10.4. The van der Waals surface area contributed by atoms with Gasteiger partial charge in [0.25, 0.3) is 0 Å². The number of ether oxygens (including phenoxy) is 1. The van der Waals surface area contributed by atoms with Crippen LogP contribution >= 0.6 is 39.5 Å². The van der Waals surface area contributed by atoms with Crippen LogP contribution in [0.25, 0.3) is 0 Å². The molecule has 4 aromatic rings. The molecule has 67 heavy (non-hydrogen) atoms. The van der Waals surface area contributed by atoms with E-state index in [4.69, 9.17) is 0 Å². The first-order valence-electron chi connectivity index (χ1n) is 20.9. The highest BCUT2D eigenvalue weighted by atomic mass is 79.9. The highest BCUT2D eigenvalue weighted by Gasteiger charge is 2.45. The third-order valence-electron chi connectivity index (χ3n) is 11.5. The first-order chi connectivity index (χ1) is 30.6. The van der Waals surface area contributed by atoms with Crippen molar-refractivity contribution in [2.45, 2.75) is 137 Å². The van der Waals surface area contributed by atoms with Crippen LogP contribution < -0.4 is 14.2 Å². The number of benzene rings is 4. The molecule has 2 N–H and O–H groups in total. The smallest absolute Gasteiger partial charge is 0.405 e. The van der Waals surface area contributed by atoms with Gasteiger partial charge >= 0.3 is 18.7 Å². The first kappa shape index (κ1) is 55.0. The Morgan fingerprint density at radius 1 is 0.612 bits per heavy atom. The fraction of sp³-hybridized carbons (Fsp3) is 0.478. The SMILES string of the molecule is Cc1ccc(C(C)(C)C)cc1SCC(NS(=O)(=O)c1c(C)cc(CC2CCC2Cc2cc(C)c(S(=O)(=O)NC(CSc3ccc(Br)cc3OC(F)(F)F)C(F)(F)F)c(C)c2)cc1C)C(F)(F)F. The van der Waals surface area contributed by atoms with Crippen LogP contribution in [-0.2, 0) is 38.3 Å². The highest BCUT2D eigenvalue weighted by Crippen LogP contribution is 2.42. The molecule has 7 nitrogen and oxygen atoms in total. The van der Waals surface area contributed by atoms with Gasteiger partial charge in [0.2, 0.25) is 20.0 Å². The summed E-state index contributed by atoms with van der Waals surface area (Å²) in [6.07, 6.45) is -12.4. The summed E-state index contributed by atoms with van der Waals surface area (Å²) in [7, 11) is -9.43. The summed E-state index contributed by atoms with van der Waals surface area (Å²) >= 11 is 4.28. The molecule has 0 amide bonds. The van der Waals surface area contributed by atoms with Crippen LogP contribution in [0, 0.1) is 46.5 Å². The van der Waals surface area contributed by atoms with E-state index in [1.54, 1.807) is 49.8 Å². The number of hydrogen-bond acceptors (Lipinski definition) is 7. The average Bonchev–Trinajstić information content (AvgIpc) is 3.14. The minimum absolute atomic E-state index is 0.110. The van der Waals surface area contributed by atoms with Crippen molar-refractivity contribution in [3.63, 3.8) is 0 Å². The van der Waals surface area contributed by atoms with E-state index in [2.05, 4.69) is 20.7 Å². The lowest BCUT2D eigenvalue weighted by Crippen LogP contribution is -2.47. The Bertz CT molecular complexity index is 2620. The molecule has 0 bridgehead atoms. The van der Waals surface area contributed by atoms with Crippen LogP contribution in [0.5, 0.6) is 5.75 Å². The number of alkyl halides is 9. The van der Waals surface area contributed by atoms with Gasteiger partial charge in [0.05, 0.1) is 9.79 Å². The van der Waals surface area contributed by atoms with Crippen molar-refractivity contribution in [1.29, 1.82) is 0 Å². The Balaban J connectivity index is 1.26. The van der Waals surface area contributed by atoms with Crippen LogP contribution in [0.1, 0.15) is 78.1 Å². The van der Waals surface area contributed by atoms with E-state index < -0.39 is 68.1 Å². The van der Waals surface area contributed by atoms with Crippen molar-refractivity contribution in [2.75, 3.05) is 11.5 Å². The summed E-state index contributed by atoms with van der Waals surface area (Å²) < 4.78 is 187. The van der Waals surface area contributed by atoms with E-state index in [1.807, 2.05) is 43.7 Å². The van der Waals surface area contributed by atoms with Gasteiger partial charge in [-0.2, -0.15) is 35.8 Å². The Hall–Kier alpha value is -2.95. The third kappa shape index (κ3) is 14.6. The van der Waals surface area contributed by atoms with Crippen LogP contribution in [-0.4, -0.2) is 59.1 Å². The molecule has 21 heteroatoms. The molecule has 4 unspecified atom stereocenters. The molecule has 1 aliphatic rings. The average molecular weight is 1090 g/mol. The van der Waals surface area contributed by atoms with Crippen molar-refractivity contribution in [2.24, 2.45) is 11.8 Å². The van der Waals surface area contributed by atoms with Gasteiger partial charge in [0, 0.05) is 25.8 Å². The van der Waals surface area contributed by atoms with Gasteiger partial charge in [-0.15, -0.1) is 36.7 Å². The second kappa shape index (κ2) is 20.8. The van der Waals surface area contributed by atoms with Gasteiger partial charge in [-0.3, -0.25) is 0 Å². The van der Waals surface area contributed by atoms with Crippen LogP contribution in [0.15, 0.2) is 84.7 Å². The maximum atomic E-state index is 14.4. The second-order valence-corrected chi connectivity index (χ2v) is 24.4. The first-order valence-corrected chi connectivity index (χ1v) is 26.7. The van der Waals surface area contributed by atoms with Gasteiger partial charge in [-0.25, -0.2) is 16.8 Å². The molecule has 1 fully saturated rings. The quantitative estimate of drug-likeness (QED) is 0.0802. The number of thioether (sulfide) groups is 2. The van der Waals surface area contributed by atoms with Gasteiger partial charge in [0.15, 0.2) is 0 Å². The number of aryl methyl sites for hydroxylation is 5. The van der Waals surface area contributed by atoms with Gasteiger partial charge in [-0.1, -0.05) is 73.1 Å². The lowest BCUT2D eigenvalue weighted by Gasteiger charge is -2.37. The van der Waals surface area contributed by atoms with E-state index in [0.717, 1.165) is 59.0 Å². The Morgan fingerprint density at radius 3 is 1.40 bits per heavy atom. The van der Waals surface area contributed by atoms with Crippen molar-refractivity contribution in [1.82, 2.24) is 9.44 Å². The summed E-state index contributed by atoms with van der Waals surface area (Å²) in [4.78, 5) is -0.248. The minimum Gasteiger partial charge on any atom is -0.405 e. The Kier molecular flexibility index (Phi) is 17.1. The molecule has 5 rings (SSSR count). The van der Waals surface area contributed by atoms with Gasteiger partial charge in [0.1, 0.15) is 17.8 Å². The van der Waals surface area contributed by atoms with Crippen molar-refractivity contribution in [3.8, 4) is 5.75 Å². The topological polar surface area (TPSA) is 102 Å². The molecule has 0 radical (unpaired) electrons. The third-order valence-corrected chi connectivity index (χ3v) is 18.0. The number of nitrogens with one attached hydrogen (secondary N) is 2. The molecule has 1 aliphatic carbocycles. The lowest BCUT2D eigenvalue weighted by molar-refractivity contribution is -0.275. The standard InChI is InChI=1S/C46H52BrF9N2O5S4/c1-25-9-12-34(43(6,7)8)21-38(25)65-24-40(45(51,52)53)58-67(61,62)42-28(4)17-31(18-29(42)5)20-33-11-10-32(33)19-30-15-26(2)41(27(3)16-30)66(59,60)57-39(44(48,49)50)23-64-37-14-13-35(47)22-36(37)63-46(54,55)56/h9,12-18,21-22,32-33,39-40,57-58H,10-11,19-20,23-24H2,1-8H3. The van der Waals surface area contributed by atoms with Crippen molar-refractivity contribution in [3.05, 3.63) is 110 Å². The monoisotopic (exact) mass is 1090 g/mol. The molecule has 0 aliphatic heterocycles. The Morgan fingerprint density at radius 2 is 1.03 bits per heavy atom. The van der Waals surface area contributed by atoms with E-state index in [0.29, 0.717) is 29.5 Å². The fourth-order valence-electron chi connectivity index (χ4n) is 8.20. The van der Waals surface area contributed by atoms with Gasteiger partial charge in [-0.05, 0) is 146 Å². The molecule has 0 spiro atoms. The number of sulfonamides is 2. The molecule has 0 saturated heterocycles. The number of rotatable bonds is 17. The highest BCUT2D eigenvalue weighted by molar-refractivity contribution is 9.10. The zero-order valence-electron chi connectivity index (χ0n) is 37.8. The normalized spacial score (nSPS) is 17.3. The fourth-order valence-corrected chi connectivity index (χ4v) is 14.3. The molecule has 0 aromatic heterocycles. The molecular weight excluding hydrogens is 1040 g/mol. The summed E-state index contributed by atoms with van der Waals surface area (Å²) in [5, 5.41) is 0. The molecule has 370 valence electrons. The predicted octanol–water partition coefficient (Wildman–Crippen LogP) is 13.0. The maximum Gasteiger partial charge on any atom is 0.573 e. The number of hydrogen-bond donors (Lipinski definition) is 2. The zero-order chi connectivity index (χ0) is 50.2. The second-order valence-electron chi connectivity index (χ2n) is 18.0. The minimum atomic E-state index is -5.13. The van der Waals surface area contributed by atoms with E-state index in [-0.39, 0.29) is 58.7 Å². The van der Waals surface area contributed by atoms with Crippen LogP contribution in [0.3, 0.4) is 0 Å². The molecule has 4 atom stereocenters. The van der Waals surface area contributed by atoms with Gasteiger partial charge < -0.3 is 4.74 Å². The van der Waals surface area contributed by atoms with Crippen molar-refractivity contribution < 1.29 is 61.1 Å². The molecule has 1 saturated carbocycles. The molecular formula is C46H52BrF9N2O5S4. The molecule has 4 aromatic carbocycles. The van der Waals surface area contributed by atoms with E-state index in [1.165, 1.54) is 19.9 Å². The maximum absolute atomic E-state index is 14.4. The van der Waals surface area contributed by atoms with Crippen molar-refractivity contribution >= 4 is 59.5 Å². The summed E-state index contributed by atoms with van der Waals surface area (Å²) in [6.45, 7) is 13.8. The van der Waals surface area contributed by atoms with E-state index in [9.17, 15) is 56.3 Å².